The van der Waals surface area contributed by atoms with Crippen LogP contribution in [-0.4, -0.2) is 28.6 Å². The van der Waals surface area contributed by atoms with Crippen LogP contribution in [0.2, 0.25) is 0 Å². The highest BCUT2D eigenvalue weighted by Crippen LogP contribution is 2.29. The molecule has 0 atom stereocenters. The molecule has 0 spiro atoms. The van der Waals surface area contributed by atoms with E-state index in [4.69, 9.17) is 10.5 Å². The Bertz CT molecular complexity index is 1460. The number of ether oxygens (including phenoxy) is 1. The first-order valence-electron chi connectivity index (χ1n) is 12.2. The largest absolute Gasteiger partial charge is 0.483 e. The lowest BCUT2D eigenvalue weighted by Crippen LogP contribution is -2.43. The normalized spacial score (nSPS) is 10.7. The number of para-hydroxylation sites is 1. The molecule has 8 heteroatoms. The van der Waals surface area contributed by atoms with Gasteiger partial charge in [0.15, 0.2) is 12.3 Å². The second-order valence-corrected chi connectivity index (χ2v) is 8.61. The molecule has 0 unspecified atom stereocenters. The molecule has 37 heavy (non-hydrogen) atoms. The third-order valence-corrected chi connectivity index (χ3v) is 6.03. The number of hydrogen-bond acceptors (Lipinski definition) is 5. The molecular formula is C29H30N4O4. The summed E-state index contributed by atoms with van der Waals surface area (Å²) < 4.78 is 7.22. The van der Waals surface area contributed by atoms with Crippen molar-refractivity contribution in [3.05, 3.63) is 111 Å². The minimum atomic E-state index is -0.707. The van der Waals surface area contributed by atoms with E-state index in [-0.39, 0.29) is 31.2 Å². The zero-order chi connectivity index (χ0) is 26.2. The zero-order valence-electron chi connectivity index (χ0n) is 20.7. The van der Waals surface area contributed by atoms with Gasteiger partial charge in [-0.2, -0.15) is 0 Å². The fraction of sp³-hybridized carbons (Fsp3) is 0.207. The number of benzene rings is 3. The molecule has 0 bridgehead atoms. The summed E-state index contributed by atoms with van der Waals surface area (Å²) in [6.45, 7) is 2.10. The van der Waals surface area contributed by atoms with Crippen molar-refractivity contribution in [2.75, 3.05) is 23.8 Å². The molecule has 0 aliphatic rings. The Labute approximate surface area is 215 Å². The fourth-order valence-electron chi connectivity index (χ4n) is 4.10. The quantitative estimate of drug-likeness (QED) is 0.343. The summed E-state index contributed by atoms with van der Waals surface area (Å²) in [6.07, 6.45) is 1.44. The molecule has 1 heterocycles. The highest BCUT2D eigenvalue weighted by molar-refractivity contribution is 5.96. The van der Waals surface area contributed by atoms with Crippen LogP contribution in [0.5, 0.6) is 5.75 Å². The Hall–Kier alpha value is -4.59. The number of nitrogens with one attached hydrogen (secondary N) is 1. The molecule has 0 fully saturated rings. The number of H-pyrrole nitrogens is 1. The van der Waals surface area contributed by atoms with Crippen LogP contribution in [0.25, 0.3) is 11.1 Å². The molecule has 0 aliphatic heterocycles. The predicted octanol–water partition coefficient (Wildman–Crippen LogP) is 4.05. The number of nitrogens with two attached hydrogens (primary N) is 1. The van der Waals surface area contributed by atoms with E-state index in [1.165, 1.54) is 9.47 Å². The lowest BCUT2D eigenvalue weighted by atomic mass is 10.1. The molecule has 0 aliphatic carbocycles. The van der Waals surface area contributed by atoms with Crippen LogP contribution >= 0.6 is 0 Å². The van der Waals surface area contributed by atoms with Gasteiger partial charge in [-0.15, -0.1) is 0 Å². The highest BCUT2D eigenvalue weighted by Gasteiger charge is 2.24. The Balaban J connectivity index is 1.64. The van der Waals surface area contributed by atoms with Crippen molar-refractivity contribution in [2.24, 2.45) is 0 Å². The maximum Gasteiger partial charge on any atom is 0.330 e. The Morgan fingerprint density at radius 3 is 2.30 bits per heavy atom. The van der Waals surface area contributed by atoms with Crippen LogP contribution in [0.3, 0.4) is 0 Å². The molecule has 4 rings (SSSR count). The molecule has 4 aromatic rings. The number of hydrogen-bond donors (Lipinski definition) is 2. The second-order valence-electron chi connectivity index (χ2n) is 8.61. The average Bonchev–Trinajstić information content (AvgIpc) is 2.92. The van der Waals surface area contributed by atoms with Crippen LogP contribution in [0.15, 0.2) is 94.5 Å². The van der Waals surface area contributed by atoms with Crippen molar-refractivity contribution >= 4 is 17.4 Å². The number of aromatic amines is 1. The molecule has 0 saturated carbocycles. The first-order chi connectivity index (χ1) is 18.0. The fourth-order valence-corrected chi connectivity index (χ4v) is 4.10. The van der Waals surface area contributed by atoms with E-state index in [2.05, 4.69) is 4.98 Å². The lowest BCUT2D eigenvalue weighted by Gasteiger charge is -2.25. The third kappa shape index (κ3) is 5.98. The molecular weight excluding hydrogens is 468 g/mol. The molecule has 1 amide bonds. The third-order valence-electron chi connectivity index (χ3n) is 6.03. The Morgan fingerprint density at radius 2 is 1.59 bits per heavy atom. The number of carbonyl (C=O) groups is 1. The first kappa shape index (κ1) is 25.5. The highest BCUT2D eigenvalue weighted by atomic mass is 16.5. The number of nitrogens with zero attached hydrogens (tertiary/aromatic N) is 2. The van der Waals surface area contributed by atoms with Gasteiger partial charge in [-0.05, 0) is 23.6 Å². The van der Waals surface area contributed by atoms with Crippen LogP contribution in [0.1, 0.15) is 25.3 Å². The maximum atomic E-state index is 13.4. The minimum Gasteiger partial charge on any atom is -0.483 e. The number of unbranched alkanes of at least 4 members (excludes halogenated alkanes) is 1. The van der Waals surface area contributed by atoms with Gasteiger partial charge >= 0.3 is 5.69 Å². The van der Waals surface area contributed by atoms with Crippen LogP contribution in [0, 0.1) is 0 Å². The van der Waals surface area contributed by atoms with Crippen molar-refractivity contribution in [3.8, 4) is 16.9 Å². The van der Waals surface area contributed by atoms with Crippen LogP contribution < -0.4 is 26.6 Å². The number of carbonyl (C=O) groups excluding carboxylic acids is 1. The van der Waals surface area contributed by atoms with Gasteiger partial charge in [0.1, 0.15) is 11.6 Å². The van der Waals surface area contributed by atoms with Gasteiger partial charge < -0.3 is 15.4 Å². The second kappa shape index (κ2) is 11.9. The van der Waals surface area contributed by atoms with E-state index in [0.717, 1.165) is 23.1 Å². The van der Waals surface area contributed by atoms with E-state index in [1.807, 2.05) is 85.8 Å². The zero-order valence-corrected chi connectivity index (χ0v) is 20.7. The van der Waals surface area contributed by atoms with E-state index in [0.29, 0.717) is 12.2 Å². The van der Waals surface area contributed by atoms with Crippen molar-refractivity contribution in [3.63, 3.8) is 0 Å². The van der Waals surface area contributed by atoms with E-state index in [9.17, 15) is 14.4 Å². The van der Waals surface area contributed by atoms with Crippen LogP contribution in [-0.2, 0) is 11.3 Å². The molecule has 3 aromatic carbocycles. The van der Waals surface area contributed by atoms with E-state index in [1.54, 1.807) is 6.07 Å². The standard InChI is InChI=1S/C29H30N4O4/c1-2-3-18-32(25(34)20-37-24-17-11-10-16-23(24)22-14-8-5-9-15-22)26-27(30)33(29(36)31-28(26)35)19-21-12-6-4-7-13-21/h4-17H,2-3,18-20,30H2,1H3,(H,31,35,36). The van der Waals surface area contributed by atoms with Crippen molar-refractivity contribution in [2.45, 2.75) is 26.3 Å². The molecule has 8 nitrogen and oxygen atoms in total. The number of amides is 1. The van der Waals surface area contributed by atoms with Gasteiger partial charge in [-0.3, -0.25) is 19.1 Å². The molecule has 3 N–H and O–H groups in total. The SMILES string of the molecule is CCCCN(C(=O)COc1ccccc1-c1ccccc1)c1c(N)n(Cc2ccccc2)c(=O)[nH]c1=O. The smallest absolute Gasteiger partial charge is 0.330 e. The number of anilines is 2. The van der Waals surface area contributed by atoms with Gasteiger partial charge in [0.2, 0.25) is 0 Å². The number of rotatable bonds is 10. The Kier molecular flexibility index (Phi) is 8.20. The molecule has 190 valence electrons. The van der Waals surface area contributed by atoms with Gasteiger partial charge in [0.25, 0.3) is 11.5 Å². The van der Waals surface area contributed by atoms with Crippen molar-refractivity contribution in [1.29, 1.82) is 0 Å². The summed E-state index contributed by atoms with van der Waals surface area (Å²) in [5.41, 5.74) is 7.62. The van der Waals surface area contributed by atoms with Gasteiger partial charge in [0.05, 0.1) is 6.54 Å². The van der Waals surface area contributed by atoms with Crippen LogP contribution in [0.4, 0.5) is 11.5 Å². The summed E-state index contributed by atoms with van der Waals surface area (Å²) >= 11 is 0. The van der Waals surface area contributed by atoms with Gasteiger partial charge in [-0.25, -0.2) is 4.79 Å². The summed E-state index contributed by atoms with van der Waals surface area (Å²) in [4.78, 5) is 42.6. The summed E-state index contributed by atoms with van der Waals surface area (Å²) in [6, 6.07) is 26.5. The molecule has 1 aromatic heterocycles. The number of nitrogen functional groups attached to an aromatic ring is 1. The van der Waals surface area contributed by atoms with Crippen molar-refractivity contribution < 1.29 is 9.53 Å². The Morgan fingerprint density at radius 1 is 0.946 bits per heavy atom. The summed E-state index contributed by atoms with van der Waals surface area (Å²) in [5, 5.41) is 0. The van der Waals surface area contributed by atoms with Gasteiger partial charge in [0, 0.05) is 12.1 Å². The summed E-state index contributed by atoms with van der Waals surface area (Å²) in [5.74, 6) is 0.0542. The summed E-state index contributed by atoms with van der Waals surface area (Å²) in [7, 11) is 0. The van der Waals surface area contributed by atoms with E-state index >= 15 is 0 Å². The molecule has 0 saturated heterocycles. The number of aromatic nitrogens is 2. The predicted molar refractivity (Wildman–Crippen MR) is 146 cm³/mol. The monoisotopic (exact) mass is 498 g/mol. The lowest BCUT2D eigenvalue weighted by molar-refractivity contribution is -0.120. The van der Waals surface area contributed by atoms with Gasteiger partial charge in [-0.1, -0.05) is 92.2 Å². The average molecular weight is 499 g/mol. The van der Waals surface area contributed by atoms with Crippen molar-refractivity contribution in [1.82, 2.24) is 9.55 Å². The maximum absolute atomic E-state index is 13.4. The molecule has 0 radical (unpaired) electrons. The van der Waals surface area contributed by atoms with E-state index < -0.39 is 17.2 Å². The topological polar surface area (TPSA) is 110 Å². The minimum absolute atomic E-state index is 0.0473. The first-order valence-corrected chi connectivity index (χ1v) is 12.2.